The summed E-state index contributed by atoms with van der Waals surface area (Å²) >= 11 is 1.36. The van der Waals surface area contributed by atoms with Gasteiger partial charge in [0.25, 0.3) is 0 Å². The molecule has 0 aromatic rings. The zero-order valence-corrected chi connectivity index (χ0v) is 18.9. The van der Waals surface area contributed by atoms with Crippen molar-refractivity contribution in [3.05, 3.63) is 0 Å². The number of hydrogen-bond acceptors (Lipinski definition) is 8. The number of hydrogen-bond donors (Lipinski definition) is 7. The minimum atomic E-state index is -1.60. The molecule has 0 saturated carbocycles. The van der Waals surface area contributed by atoms with Crippen LogP contribution in [0.5, 0.6) is 0 Å². The molecule has 0 bridgehead atoms. The molecule has 4 unspecified atom stereocenters. The van der Waals surface area contributed by atoms with Gasteiger partial charge in [-0.25, -0.2) is 4.79 Å². The Balaban J connectivity index is 5.51. The van der Waals surface area contributed by atoms with Crippen LogP contribution in [0.4, 0.5) is 0 Å². The molecule has 0 aromatic carbocycles. The summed E-state index contributed by atoms with van der Waals surface area (Å²) in [7, 11) is 0. The quantitative estimate of drug-likeness (QED) is 0.132. The number of thioether (sulfide) groups is 1. The summed E-state index contributed by atoms with van der Waals surface area (Å²) in [6, 6.07) is -5.47. The van der Waals surface area contributed by atoms with Crippen LogP contribution in [0.25, 0.3) is 0 Å². The smallest absolute Gasteiger partial charge is 0.326 e. The van der Waals surface area contributed by atoms with Crippen molar-refractivity contribution in [2.24, 2.45) is 17.4 Å². The average molecular weight is 478 g/mol. The fourth-order valence-corrected chi connectivity index (χ4v) is 2.87. The van der Waals surface area contributed by atoms with Gasteiger partial charge in [-0.1, -0.05) is 13.8 Å². The topological polar surface area (TPSA) is 231 Å². The van der Waals surface area contributed by atoms with Crippen molar-refractivity contribution in [2.45, 2.75) is 57.3 Å². The number of carbonyl (C=O) groups is 6. The van der Waals surface area contributed by atoms with E-state index < -0.39 is 72.6 Å². The highest BCUT2D eigenvalue weighted by atomic mass is 32.2. The van der Waals surface area contributed by atoms with Gasteiger partial charge in [-0.2, -0.15) is 11.8 Å². The number of nitrogens with two attached hydrogens (primary N) is 2. The second-order valence-corrected chi connectivity index (χ2v) is 8.33. The number of primary amides is 1. The summed E-state index contributed by atoms with van der Waals surface area (Å²) in [6.07, 6.45) is 0.341. The van der Waals surface area contributed by atoms with Crippen LogP contribution in [0.15, 0.2) is 0 Å². The van der Waals surface area contributed by atoms with Gasteiger partial charge in [0.2, 0.25) is 23.6 Å². The first-order valence-electron chi connectivity index (χ1n) is 9.68. The van der Waals surface area contributed by atoms with Crippen molar-refractivity contribution in [3.8, 4) is 0 Å². The molecule has 0 aliphatic rings. The highest BCUT2D eigenvalue weighted by Gasteiger charge is 2.32. The summed E-state index contributed by atoms with van der Waals surface area (Å²) in [5.41, 5.74) is 10.8. The number of rotatable bonds is 15. The number of carboxylic acid groups (broad SMARTS) is 2. The van der Waals surface area contributed by atoms with Crippen LogP contribution in [0.3, 0.4) is 0 Å². The molecule has 9 N–H and O–H groups in total. The molecular weight excluding hydrogens is 446 g/mol. The van der Waals surface area contributed by atoms with Gasteiger partial charge < -0.3 is 37.6 Å². The van der Waals surface area contributed by atoms with Gasteiger partial charge in [-0.3, -0.25) is 24.0 Å². The Morgan fingerprint density at radius 2 is 1.31 bits per heavy atom. The lowest BCUT2D eigenvalue weighted by atomic mass is 10.0. The lowest BCUT2D eigenvalue weighted by Crippen LogP contribution is -2.58. The number of nitrogens with one attached hydrogen (secondary N) is 3. The summed E-state index contributed by atoms with van der Waals surface area (Å²) in [5, 5.41) is 24.9. The predicted octanol–water partition coefficient (Wildman–Crippen LogP) is -2.39. The molecule has 14 heteroatoms. The minimum absolute atomic E-state index is 0.0876. The highest BCUT2D eigenvalue weighted by molar-refractivity contribution is 7.98. The first kappa shape index (κ1) is 29.1. The fraction of sp³-hybridized carbons (Fsp3) is 0.667. The van der Waals surface area contributed by atoms with Crippen LogP contribution in [0.2, 0.25) is 0 Å². The number of carboxylic acids is 2. The van der Waals surface area contributed by atoms with Gasteiger partial charge in [-0.15, -0.1) is 0 Å². The van der Waals surface area contributed by atoms with E-state index in [1.807, 2.05) is 0 Å². The Bertz CT molecular complexity index is 717. The normalized spacial score (nSPS) is 14.5. The van der Waals surface area contributed by atoms with E-state index in [-0.39, 0.29) is 12.3 Å². The largest absolute Gasteiger partial charge is 0.481 e. The standard InChI is InChI=1S/C18H31N5O8S/c1-8(2)14(20)17(29)23-11(7-13(25)26)16(28)22-10(6-12(19)24)15(27)21-9(18(30)31)4-5-32-3/h8-11,14H,4-7,20H2,1-3H3,(H2,19,24)(H,21,27)(H,22,28)(H,23,29)(H,25,26)(H,30,31). The van der Waals surface area contributed by atoms with Gasteiger partial charge >= 0.3 is 11.9 Å². The van der Waals surface area contributed by atoms with E-state index in [1.165, 1.54) is 11.8 Å². The maximum absolute atomic E-state index is 12.6. The van der Waals surface area contributed by atoms with Crippen LogP contribution >= 0.6 is 11.8 Å². The van der Waals surface area contributed by atoms with E-state index in [1.54, 1.807) is 20.1 Å². The summed E-state index contributed by atoms with van der Waals surface area (Å²) in [4.78, 5) is 71.2. The second kappa shape index (κ2) is 14.2. The van der Waals surface area contributed by atoms with Crippen molar-refractivity contribution in [1.82, 2.24) is 16.0 Å². The fourth-order valence-electron chi connectivity index (χ4n) is 2.40. The van der Waals surface area contributed by atoms with E-state index in [9.17, 15) is 33.9 Å². The molecule has 0 aromatic heterocycles. The second-order valence-electron chi connectivity index (χ2n) is 7.34. The van der Waals surface area contributed by atoms with Crippen LogP contribution in [-0.2, 0) is 28.8 Å². The molecule has 4 amide bonds. The van der Waals surface area contributed by atoms with Gasteiger partial charge in [0, 0.05) is 0 Å². The van der Waals surface area contributed by atoms with Crippen molar-refractivity contribution in [3.63, 3.8) is 0 Å². The Morgan fingerprint density at radius 1 is 0.844 bits per heavy atom. The molecule has 0 aliphatic heterocycles. The van der Waals surface area contributed by atoms with Crippen molar-refractivity contribution >= 4 is 47.3 Å². The van der Waals surface area contributed by atoms with Crippen LogP contribution in [0.1, 0.15) is 33.1 Å². The third kappa shape index (κ3) is 10.9. The summed E-state index contributed by atoms with van der Waals surface area (Å²) < 4.78 is 0. The van der Waals surface area contributed by atoms with Gasteiger partial charge in [-0.05, 0) is 24.3 Å². The molecule has 182 valence electrons. The molecule has 13 nitrogen and oxygen atoms in total. The Kier molecular flexibility index (Phi) is 13.0. The average Bonchev–Trinajstić information content (AvgIpc) is 2.67. The maximum Gasteiger partial charge on any atom is 0.326 e. The van der Waals surface area contributed by atoms with Crippen molar-refractivity contribution in [2.75, 3.05) is 12.0 Å². The molecule has 0 rings (SSSR count). The maximum atomic E-state index is 12.6. The molecule has 0 heterocycles. The molecular formula is C18H31N5O8S. The van der Waals surface area contributed by atoms with Crippen LogP contribution in [-0.4, -0.2) is 82.0 Å². The number of aliphatic carboxylic acids is 2. The first-order valence-corrected chi connectivity index (χ1v) is 11.1. The molecule has 0 radical (unpaired) electrons. The molecule has 0 fully saturated rings. The van der Waals surface area contributed by atoms with Gasteiger partial charge in [0.1, 0.15) is 18.1 Å². The van der Waals surface area contributed by atoms with E-state index in [2.05, 4.69) is 16.0 Å². The Labute approximate surface area is 189 Å². The third-order valence-electron chi connectivity index (χ3n) is 4.30. The lowest BCUT2D eigenvalue weighted by Gasteiger charge is -2.24. The van der Waals surface area contributed by atoms with Gasteiger partial charge in [0.15, 0.2) is 0 Å². The zero-order chi connectivity index (χ0) is 25.0. The molecule has 0 aliphatic carbocycles. The molecule has 0 saturated heterocycles. The molecule has 0 spiro atoms. The monoisotopic (exact) mass is 477 g/mol. The first-order chi connectivity index (χ1) is 14.8. The van der Waals surface area contributed by atoms with Crippen molar-refractivity contribution < 1.29 is 39.0 Å². The van der Waals surface area contributed by atoms with E-state index in [0.717, 1.165) is 0 Å². The molecule has 32 heavy (non-hydrogen) atoms. The Morgan fingerprint density at radius 3 is 1.72 bits per heavy atom. The highest BCUT2D eigenvalue weighted by Crippen LogP contribution is 2.05. The summed E-state index contributed by atoms with van der Waals surface area (Å²) in [6.45, 7) is 3.30. The third-order valence-corrected chi connectivity index (χ3v) is 4.94. The predicted molar refractivity (Wildman–Crippen MR) is 115 cm³/mol. The SMILES string of the molecule is CSCCC(NC(=O)C(CC(N)=O)NC(=O)C(CC(=O)O)NC(=O)C(N)C(C)C)C(=O)O. The summed E-state index contributed by atoms with van der Waals surface area (Å²) in [5.74, 6) is -6.42. The molecule has 4 atom stereocenters. The van der Waals surface area contributed by atoms with Gasteiger partial charge in [0.05, 0.1) is 18.9 Å². The van der Waals surface area contributed by atoms with Crippen molar-refractivity contribution in [1.29, 1.82) is 0 Å². The van der Waals surface area contributed by atoms with E-state index in [0.29, 0.717) is 5.75 Å². The number of carbonyl (C=O) groups excluding carboxylic acids is 4. The minimum Gasteiger partial charge on any atom is -0.481 e. The Hall–Kier alpha value is -2.87. The number of amides is 4. The van der Waals surface area contributed by atoms with E-state index in [4.69, 9.17) is 16.6 Å². The van der Waals surface area contributed by atoms with Crippen LogP contribution < -0.4 is 27.4 Å². The van der Waals surface area contributed by atoms with E-state index >= 15 is 0 Å². The van der Waals surface area contributed by atoms with Crippen LogP contribution in [0, 0.1) is 5.92 Å². The zero-order valence-electron chi connectivity index (χ0n) is 18.1. The lowest BCUT2D eigenvalue weighted by molar-refractivity contribution is -0.143.